The molecule has 2 unspecified atom stereocenters. The van der Waals surface area contributed by atoms with Crippen molar-refractivity contribution in [3.05, 3.63) is 12.7 Å². The normalized spacial score (nSPS) is 19.0. The summed E-state index contributed by atoms with van der Waals surface area (Å²) in [4.78, 5) is 112. The number of likely N-dealkylation sites (tertiary alicyclic amines) is 1. The predicted octanol–water partition coefficient (Wildman–Crippen LogP) is 2.43. The van der Waals surface area contributed by atoms with Gasteiger partial charge in [0.25, 0.3) is 0 Å². The minimum absolute atomic E-state index is 0.00338. The van der Waals surface area contributed by atoms with Gasteiger partial charge in [0.2, 0.25) is 17.7 Å². The van der Waals surface area contributed by atoms with Gasteiger partial charge < -0.3 is 95.5 Å². The SMILES string of the molecule is COCP(=O)(O)OC[C@H]1O[C@@H](n2cnc3c(N)ncnc32)C[C@@H]1OCP(=O)(O)OC[C@@H]1C[C@@H](O)CN1C(=O)CCCCCCCCC(=O)NC(COCCC(=O)CCCCN)(COCCC(=O)CCCCN)COCCC(=O)NCCCNCC(=O)CCCCO. The number of methoxy groups -OCH3 is 1. The average Bonchev–Trinajstić information content (AvgIpc) is 1.67. The maximum Gasteiger partial charge on any atom is 0.353 e. The highest BCUT2D eigenvalue weighted by Crippen LogP contribution is 2.46. The minimum atomic E-state index is -4.50. The number of anilines is 1. The number of hydrogen-bond donors (Lipinski definition) is 10. The Morgan fingerprint density at radius 1 is 0.692 bits per heavy atom. The van der Waals surface area contributed by atoms with Crippen LogP contribution in [0.1, 0.15) is 154 Å². The maximum absolute atomic E-state index is 13.8. The van der Waals surface area contributed by atoms with Crippen LogP contribution in [0.3, 0.4) is 0 Å². The zero-order valence-electron chi connectivity index (χ0n) is 53.0. The van der Waals surface area contributed by atoms with Crippen LogP contribution in [-0.2, 0) is 75.4 Å². The predicted molar refractivity (Wildman–Crippen MR) is 334 cm³/mol. The Morgan fingerprint density at radius 3 is 1.93 bits per heavy atom. The molecule has 2 fully saturated rings. The van der Waals surface area contributed by atoms with E-state index in [1.165, 1.54) is 24.7 Å². The van der Waals surface area contributed by atoms with Crippen molar-refractivity contribution in [3.63, 3.8) is 0 Å². The monoisotopic (exact) mass is 1340 g/mol. The number of nitrogens with one attached hydrogen (secondary N) is 3. The number of aromatic nitrogens is 4. The molecule has 0 radical (unpaired) electrons. The van der Waals surface area contributed by atoms with Crippen LogP contribution in [0.2, 0.25) is 0 Å². The van der Waals surface area contributed by atoms with Gasteiger partial charge in [-0.2, -0.15) is 0 Å². The zero-order chi connectivity index (χ0) is 66.3. The van der Waals surface area contributed by atoms with Crippen LogP contribution in [0.5, 0.6) is 0 Å². The summed E-state index contributed by atoms with van der Waals surface area (Å²) in [6.45, 7) is 1.24. The molecule has 2 saturated heterocycles. The second-order valence-electron chi connectivity index (χ2n) is 23.2. The third-order valence-electron chi connectivity index (χ3n) is 15.2. The molecule has 13 N–H and O–H groups in total. The maximum atomic E-state index is 13.8. The summed E-state index contributed by atoms with van der Waals surface area (Å²) in [6, 6.07) is -0.696. The van der Waals surface area contributed by atoms with Crippen molar-refractivity contribution in [2.45, 2.75) is 184 Å². The highest BCUT2D eigenvalue weighted by atomic mass is 31.2. The molecule has 0 aromatic carbocycles. The number of ketones is 3. The number of β-amino-alcohol motifs (C(OH)–C–C–N with tert-alkyl or cyclic N) is 1. The fourth-order valence-electron chi connectivity index (χ4n) is 10.3. The van der Waals surface area contributed by atoms with Gasteiger partial charge in [0.05, 0.1) is 84.0 Å². The van der Waals surface area contributed by atoms with E-state index < -0.39 is 70.6 Å². The molecule has 7 atom stereocenters. The molecule has 31 nitrogen and oxygen atoms in total. The lowest BCUT2D eigenvalue weighted by atomic mass is 10.0. The third-order valence-corrected chi connectivity index (χ3v) is 17.4. The Kier molecular flexibility index (Phi) is 38.5. The fraction of sp³-hybridized carbons (Fsp3) is 0.810. The van der Waals surface area contributed by atoms with E-state index in [9.17, 15) is 52.8 Å². The van der Waals surface area contributed by atoms with Crippen molar-refractivity contribution in [3.8, 4) is 0 Å². The average molecular weight is 1340 g/mol. The smallest absolute Gasteiger partial charge is 0.353 e. The Balaban J connectivity index is 1.24. The molecular formula is C58H103N11O20P2. The van der Waals surface area contributed by atoms with Gasteiger partial charge in [-0.25, -0.2) is 15.0 Å². The van der Waals surface area contributed by atoms with Crippen molar-refractivity contribution in [2.24, 2.45) is 11.5 Å². The topological polar surface area (TPSA) is 452 Å². The molecule has 2 aliphatic heterocycles. The van der Waals surface area contributed by atoms with Gasteiger partial charge in [-0.15, -0.1) is 0 Å². The quantitative estimate of drug-likeness (QED) is 0.0336. The molecular weight excluding hydrogens is 1230 g/mol. The largest absolute Gasteiger partial charge is 0.396 e. The first-order chi connectivity index (χ1) is 43.7. The van der Waals surface area contributed by atoms with E-state index in [4.69, 9.17) is 59.8 Å². The van der Waals surface area contributed by atoms with Crippen molar-refractivity contribution in [1.82, 2.24) is 40.4 Å². The summed E-state index contributed by atoms with van der Waals surface area (Å²) in [7, 11) is -7.45. The van der Waals surface area contributed by atoms with E-state index >= 15 is 0 Å². The van der Waals surface area contributed by atoms with Crippen LogP contribution in [0.25, 0.3) is 11.2 Å². The molecule has 0 aliphatic carbocycles. The number of ether oxygens (including phenoxy) is 6. The molecule has 0 bridgehead atoms. The molecule has 33 heteroatoms. The van der Waals surface area contributed by atoms with Crippen molar-refractivity contribution in [2.75, 3.05) is 124 Å². The van der Waals surface area contributed by atoms with E-state index in [2.05, 4.69) is 30.9 Å². The summed E-state index contributed by atoms with van der Waals surface area (Å²) in [6.07, 6.45) is 8.20. The molecule has 2 aliphatic rings. The number of imidazole rings is 1. The van der Waals surface area contributed by atoms with E-state index in [1.807, 2.05) is 0 Å². The van der Waals surface area contributed by atoms with Crippen LogP contribution in [0.15, 0.2) is 12.7 Å². The lowest BCUT2D eigenvalue weighted by molar-refractivity contribution is -0.133. The van der Waals surface area contributed by atoms with Gasteiger partial charge in [-0.1, -0.05) is 25.7 Å². The molecule has 4 rings (SSSR count). The summed E-state index contributed by atoms with van der Waals surface area (Å²) >= 11 is 0. The summed E-state index contributed by atoms with van der Waals surface area (Å²) < 4.78 is 73.1. The molecule has 4 heterocycles. The van der Waals surface area contributed by atoms with Gasteiger partial charge in [-0.3, -0.25) is 42.5 Å². The molecule has 3 amide bonds. The molecule has 2 aromatic rings. The van der Waals surface area contributed by atoms with Gasteiger partial charge in [0.15, 0.2) is 11.5 Å². The lowest BCUT2D eigenvalue weighted by Crippen LogP contribution is -2.58. The zero-order valence-corrected chi connectivity index (χ0v) is 54.8. The standard InChI is InChI=1S/C58H103N11O20P2/c1-82-42-90(78,79)88-36-50-49(32-54(89-50)69-41-66-55-56(61)64-40-65-57(55)69)86-43-91(80,81)87-35-44-31-48(74)34-68(44)53(77)19-7-5-3-2-4-6-18-52(76)67-58(37-83-28-20-45(71)15-8-11-23-59,38-84-29-21-46(72)16-9-12-24-60)39-85-30-22-51(75)63-26-14-25-62-33-47(73)17-10-13-27-70/h40-41,44,48-50,54,62,70,74H,2-39,42-43,59-60H2,1H3,(H,63,75)(H,67,76)(H,78,79)(H,80,81)(H2,61,64,65)/t44-,48+,49-,50+,54+/m0/s1. The number of aliphatic hydroxyl groups is 2. The molecule has 520 valence electrons. The minimum Gasteiger partial charge on any atom is -0.396 e. The summed E-state index contributed by atoms with van der Waals surface area (Å²) in [5.41, 5.74) is 16.6. The van der Waals surface area contributed by atoms with E-state index in [0.717, 1.165) is 25.7 Å². The van der Waals surface area contributed by atoms with Gasteiger partial charge >= 0.3 is 15.2 Å². The highest BCUT2D eigenvalue weighted by molar-refractivity contribution is 7.52. The number of rotatable bonds is 55. The first-order valence-corrected chi connectivity index (χ1v) is 35.4. The van der Waals surface area contributed by atoms with E-state index in [1.54, 1.807) is 4.57 Å². The molecule has 91 heavy (non-hydrogen) atoms. The van der Waals surface area contributed by atoms with Crippen LogP contribution >= 0.6 is 15.2 Å². The number of Topliss-reactive ketones (excluding diaryl/α,β-unsaturated/α-hetero) is 3. The Labute approximate surface area is 533 Å². The van der Waals surface area contributed by atoms with Crippen molar-refractivity contribution < 1.29 is 95.4 Å². The Hall–Kier alpha value is -4.37. The first-order valence-electron chi connectivity index (χ1n) is 31.9. The second kappa shape index (κ2) is 44.3. The fourth-order valence-corrected chi connectivity index (χ4v) is 11.9. The number of carbonyl (C=O) groups is 6. The number of nitrogen functional groups attached to an aromatic ring is 1. The van der Waals surface area contributed by atoms with Crippen molar-refractivity contribution in [1.29, 1.82) is 0 Å². The second-order valence-corrected chi connectivity index (χ2v) is 26.8. The molecule has 0 saturated carbocycles. The molecule has 2 aromatic heterocycles. The van der Waals surface area contributed by atoms with Crippen molar-refractivity contribution >= 4 is 67.2 Å². The van der Waals surface area contributed by atoms with Crippen LogP contribution < -0.4 is 33.2 Å². The number of aliphatic hydroxyl groups excluding tert-OH is 2. The summed E-state index contributed by atoms with van der Waals surface area (Å²) in [5, 5.41) is 28.5. The van der Waals surface area contributed by atoms with E-state index in [-0.39, 0.29) is 152 Å². The summed E-state index contributed by atoms with van der Waals surface area (Å²) in [5.74, 6) is -0.578. The molecule has 0 spiro atoms. The van der Waals surface area contributed by atoms with Gasteiger partial charge in [0, 0.05) is 84.6 Å². The van der Waals surface area contributed by atoms with Gasteiger partial charge in [0.1, 0.15) is 59.8 Å². The number of unbranched alkanes of at least 4 members (excludes halogenated alkanes) is 8. The number of fused-ring (bicyclic) bond motifs is 1. The number of nitrogens with zero attached hydrogens (tertiary/aromatic N) is 5. The lowest BCUT2D eigenvalue weighted by Gasteiger charge is -2.34. The van der Waals surface area contributed by atoms with Crippen LogP contribution in [0.4, 0.5) is 5.82 Å². The Bertz CT molecular complexity index is 2540. The van der Waals surface area contributed by atoms with Gasteiger partial charge in [-0.05, 0) is 83.8 Å². The number of amides is 3. The first kappa shape index (κ1) is 79.1. The Morgan fingerprint density at radius 2 is 1.29 bits per heavy atom. The number of carbonyl (C=O) groups excluding carboxylic acids is 6. The number of nitrogens with two attached hydrogens (primary N) is 3. The third kappa shape index (κ3) is 32.1. The van der Waals surface area contributed by atoms with Crippen LogP contribution in [0, 0.1) is 0 Å². The number of hydrogen-bond acceptors (Lipinski definition) is 25. The highest BCUT2D eigenvalue weighted by Gasteiger charge is 2.42. The van der Waals surface area contributed by atoms with E-state index in [0.29, 0.717) is 114 Å². The van der Waals surface area contributed by atoms with Crippen LogP contribution in [-0.4, -0.2) is 228 Å².